The molecular weight excluding hydrogens is 229 g/mol. The van der Waals surface area contributed by atoms with Gasteiger partial charge in [0, 0.05) is 0 Å². The molecule has 0 heterocycles. The van der Waals surface area contributed by atoms with Gasteiger partial charge in [-0.15, -0.1) is 0 Å². The Kier molecular flexibility index (Phi) is 2.88. The largest absolute Gasteiger partial charge is 0.478 e. The molecule has 1 rings (SSSR count). The van der Waals surface area contributed by atoms with E-state index < -0.39 is 34.8 Å². The lowest BCUT2D eigenvalue weighted by atomic mass is 10.1. The second-order valence-electron chi connectivity index (χ2n) is 2.91. The normalized spacial score (nSPS) is 11.2. The highest BCUT2D eigenvalue weighted by molar-refractivity contribution is 5.94. The highest BCUT2D eigenvalue weighted by Crippen LogP contribution is 2.30. The number of hydrogen-bond donors (Lipinski definition) is 2. The Morgan fingerprint density at radius 2 is 1.31 bits per heavy atom. The second kappa shape index (κ2) is 3.84. The van der Waals surface area contributed by atoms with Gasteiger partial charge in [-0.2, -0.15) is 13.2 Å². The molecule has 0 saturated carbocycles. The lowest BCUT2D eigenvalue weighted by molar-refractivity contribution is -0.137. The van der Waals surface area contributed by atoms with E-state index in [4.69, 9.17) is 10.2 Å². The minimum absolute atomic E-state index is 0.384. The Labute approximate surface area is 86.9 Å². The Morgan fingerprint density at radius 1 is 0.938 bits per heavy atom. The van der Waals surface area contributed by atoms with E-state index in [0.29, 0.717) is 18.2 Å². The van der Waals surface area contributed by atoms with Crippen molar-refractivity contribution in [3.05, 3.63) is 34.9 Å². The Morgan fingerprint density at radius 3 is 1.56 bits per heavy atom. The fourth-order valence-corrected chi connectivity index (χ4v) is 1.04. The minimum atomic E-state index is -4.78. The molecule has 0 unspecified atom stereocenters. The standard InChI is InChI=1S/C9H5F3O4/c10-9(11,12)6-2-4(7(13)14)1-5(3-6)8(15)16/h1-3H,(H,13,14)(H,15,16). The number of rotatable bonds is 2. The number of aromatic carboxylic acids is 2. The number of carboxylic acids is 2. The van der Waals surface area contributed by atoms with Crippen molar-refractivity contribution in [1.29, 1.82) is 0 Å². The summed E-state index contributed by atoms with van der Waals surface area (Å²) in [4.78, 5) is 21.0. The summed E-state index contributed by atoms with van der Waals surface area (Å²) < 4.78 is 36.9. The van der Waals surface area contributed by atoms with Crippen LogP contribution in [-0.4, -0.2) is 22.2 Å². The minimum Gasteiger partial charge on any atom is -0.478 e. The first-order valence-corrected chi connectivity index (χ1v) is 3.90. The molecule has 0 atom stereocenters. The first kappa shape index (κ1) is 12.0. The monoisotopic (exact) mass is 234 g/mol. The van der Waals surface area contributed by atoms with Crippen LogP contribution in [0.5, 0.6) is 0 Å². The van der Waals surface area contributed by atoms with Gasteiger partial charge in [-0.1, -0.05) is 0 Å². The van der Waals surface area contributed by atoms with Crippen LogP contribution in [0.3, 0.4) is 0 Å². The Hall–Kier alpha value is -2.05. The van der Waals surface area contributed by atoms with Crippen LogP contribution in [0.25, 0.3) is 0 Å². The molecule has 0 saturated heterocycles. The van der Waals surface area contributed by atoms with Crippen LogP contribution in [0.4, 0.5) is 13.2 Å². The van der Waals surface area contributed by atoms with Gasteiger partial charge >= 0.3 is 18.1 Å². The van der Waals surface area contributed by atoms with E-state index in [9.17, 15) is 22.8 Å². The van der Waals surface area contributed by atoms with E-state index in [1.807, 2.05) is 0 Å². The van der Waals surface area contributed by atoms with Gasteiger partial charge in [0.25, 0.3) is 0 Å². The Balaban J connectivity index is 3.42. The third-order valence-electron chi connectivity index (χ3n) is 1.75. The third-order valence-corrected chi connectivity index (χ3v) is 1.75. The lowest BCUT2D eigenvalue weighted by Crippen LogP contribution is -2.10. The molecule has 0 aliphatic carbocycles. The van der Waals surface area contributed by atoms with Gasteiger partial charge in [0.1, 0.15) is 0 Å². The average Bonchev–Trinajstić information content (AvgIpc) is 2.15. The summed E-state index contributed by atoms with van der Waals surface area (Å²) in [7, 11) is 0. The number of alkyl halides is 3. The van der Waals surface area contributed by atoms with Gasteiger partial charge in [0.2, 0.25) is 0 Å². The van der Waals surface area contributed by atoms with Gasteiger partial charge < -0.3 is 10.2 Å². The van der Waals surface area contributed by atoms with Crippen LogP contribution in [0.15, 0.2) is 18.2 Å². The van der Waals surface area contributed by atoms with Crippen molar-refractivity contribution in [2.45, 2.75) is 6.18 Å². The van der Waals surface area contributed by atoms with E-state index in [2.05, 4.69) is 0 Å². The molecule has 0 spiro atoms. The highest BCUT2D eigenvalue weighted by atomic mass is 19.4. The zero-order valence-corrected chi connectivity index (χ0v) is 7.58. The summed E-state index contributed by atoms with van der Waals surface area (Å²) in [5.41, 5.74) is -2.73. The zero-order chi connectivity index (χ0) is 12.5. The van der Waals surface area contributed by atoms with Gasteiger partial charge in [-0.05, 0) is 18.2 Å². The van der Waals surface area contributed by atoms with Crippen LogP contribution in [-0.2, 0) is 6.18 Å². The molecule has 2 N–H and O–H groups in total. The highest BCUT2D eigenvalue weighted by Gasteiger charge is 2.32. The summed E-state index contributed by atoms with van der Waals surface area (Å²) >= 11 is 0. The maximum absolute atomic E-state index is 12.3. The number of carboxylic acid groups (broad SMARTS) is 2. The molecular formula is C9H5F3O4. The van der Waals surface area contributed by atoms with Crippen LogP contribution >= 0.6 is 0 Å². The van der Waals surface area contributed by atoms with Crippen molar-refractivity contribution in [2.75, 3.05) is 0 Å². The molecule has 0 bridgehead atoms. The van der Waals surface area contributed by atoms with Crippen molar-refractivity contribution in [3.63, 3.8) is 0 Å². The molecule has 4 nitrogen and oxygen atoms in total. The first-order valence-electron chi connectivity index (χ1n) is 3.90. The molecule has 0 fully saturated rings. The van der Waals surface area contributed by atoms with Gasteiger partial charge in [-0.3, -0.25) is 0 Å². The summed E-state index contributed by atoms with van der Waals surface area (Å²) in [6, 6.07) is 1.43. The third kappa shape index (κ3) is 2.50. The summed E-state index contributed by atoms with van der Waals surface area (Å²) in [6.07, 6.45) is -4.78. The summed E-state index contributed by atoms with van der Waals surface area (Å²) in [5.74, 6) is -3.23. The van der Waals surface area contributed by atoms with Gasteiger partial charge in [0.15, 0.2) is 0 Å². The molecule has 86 valence electrons. The first-order chi connectivity index (χ1) is 7.21. The lowest BCUT2D eigenvalue weighted by Gasteiger charge is -2.08. The molecule has 0 aromatic heterocycles. The molecule has 0 aliphatic rings. The van der Waals surface area contributed by atoms with Crippen molar-refractivity contribution in [1.82, 2.24) is 0 Å². The molecule has 0 amide bonds. The second-order valence-corrected chi connectivity index (χ2v) is 2.91. The summed E-state index contributed by atoms with van der Waals surface area (Å²) in [5, 5.41) is 17.0. The molecule has 0 radical (unpaired) electrons. The van der Waals surface area contributed by atoms with Crippen LogP contribution < -0.4 is 0 Å². The Bertz CT molecular complexity index is 418. The fraction of sp³-hybridized carbons (Fsp3) is 0.111. The number of hydrogen-bond acceptors (Lipinski definition) is 2. The SMILES string of the molecule is O=C(O)c1cc(C(=O)O)cc(C(F)(F)F)c1. The van der Waals surface area contributed by atoms with Crippen molar-refractivity contribution < 1.29 is 33.0 Å². The van der Waals surface area contributed by atoms with E-state index in [0.717, 1.165) is 0 Å². The topological polar surface area (TPSA) is 74.6 Å². The van der Waals surface area contributed by atoms with E-state index in [1.165, 1.54) is 0 Å². The molecule has 7 heteroatoms. The van der Waals surface area contributed by atoms with Crippen molar-refractivity contribution >= 4 is 11.9 Å². The smallest absolute Gasteiger partial charge is 0.416 e. The molecule has 1 aromatic carbocycles. The maximum atomic E-state index is 12.3. The van der Waals surface area contributed by atoms with Crippen molar-refractivity contribution in [2.24, 2.45) is 0 Å². The number of benzene rings is 1. The predicted octanol–water partition coefficient (Wildman–Crippen LogP) is 2.10. The average molecular weight is 234 g/mol. The molecule has 16 heavy (non-hydrogen) atoms. The van der Waals surface area contributed by atoms with Gasteiger partial charge in [0.05, 0.1) is 16.7 Å². The van der Waals surface area contributed by atoms with E-state index in [1.54, 1.807) is 0 Å². The maximum Gasteiger partial charge on any atom is 0.416 e. The van der Waals surface area contributed by atoms with E-state index in [-0.39, 0.29) is 0 Å². The zero-order valence-electron chi connectivity index (χ0n) is 7.58. The molecule has 0 aliphatic heterocycles. The number of halogens is 3. The quantitative estimate of drug-likeness (QED) is 0.821. The van der Waals surface area contributed by atoms with Crippen molar-refractivity contribution in [3.8, 4) is 0 Å². The van der Waals surface area contributed by atoms with Crippen LogP contribution in [0, 0.1) is 0 Å². The van der Waals surface area contributed by atoms with Crippen LogP contribution in [0.2, 0.25) is 0 Å². The van der Waals surface area contributed by atoms with Crippen LogP contribution in [0.1, 0.15) is 26.3 Å². The fourth-order valence-electron chi connectivity index (χ4n) is 1.04. The van der Waals surface area contributed by atoms with Gasteiger partial charge in [-0.25, -0.2) is 9.59 Å². The molecule has 1 aromatic rings. The number of carbonyl (C=O) groups is 2. The van der Waals surface area contributed by atoms with E-state index >= 15 is 0 Å². The predicted molar refractivity (Wildman–Crippen MR) is 45.4 cm³/mol. The summed E-state index contributed by atoms with van der Waals surface area (Å²) in [6.45, 7) is 0.